The van der Waals surface area contributed by atoms with E-state index in [1.807, 2.05) is 23.1 Å². The zero-order valence-corrected chi connectivity index (χ0v) is 15.4. The largest absolute Gasteiger partial charge is 0.443 e. The molecule has 0 aliphatic carbocycles. The molecule has 2 N–H and O–H groups in total. The van der Waals surface area contributed by atoms with E-state index in [4.69, 9.17) is 9.47 Å². The van der Waals surface area contributed by atoms with E-state index in [1.54, 1.807) is 48.5 Å². The van der Waals surface area contributed by atoms with Gasteiger partial charge in [-0.2, -0.15) is 20.2 Å². The second kappa shape index (κ2) is 10.3. The lowest BCUT2D eigenvalue weighted by atomic mass is 10.2. The van der Waals surface area contributed by atoms with Crippen LogP contribution < -0.4 is 11.0 Å². The maximum absolute atomic E-state index is 12.0. The average molecular weight is 394 g/mol. The Bertz CT molecular complexity index is 723. The van der Waals surface area contributed by atoms with Crippen LogP contribution in [0.15, 0.2) is 60.7 Å². The van der Waals surface area contributed by atoms with Gasteiger partial charge in [-0.15, -0.1) is 0 Å². The highest BCUT2D eigenvalue weighted by Gasteiger charge is 2.22. The lowest BCUT2D eigenvalue weighted by Gasteiger charge is -2.14. The van der Waals surface area contributed by atoms with Crippen LogP contribution in [0.1, 0.15) is 11.1 Å². The third-order valence-electron chi connectivity index (χ3n) is 3.02. The lowest BCUT2D eigenvalue weighted by Crippen LogP contribution is -2.27. The molecular weight excluding hydrogens is 375 g/mol. The van der Waals surface area contributed by atoms with Gasteiger partial charge < -0.3 is 9.47 Å². The molecule has 144 valence electrons. The van der Waals surface area contributed by atoms with Gasteiger partial charge in [0.2, 0.25) is 0 Å². The van der Waals surface area contributed by atoms with Crippen LogP contribution in [0.3, 0.4) is 0 Å². The molecule has 0 aromatic heterocycles. The summed E-state index contributed by atoms with van der Waals surface area (Å²) in [5.41, 5.74) is 5.21. The van der Waals surface area contributed by atoms with Crippen molar-refractivity contribution in [2.45, 2.75) is 13.2 Å². The fraction of sp³-hybridized carbons (Fsp3) is 0.176. The van der Waals surface area contributed by atoms with Crippen molar-refractivity contribution in [3.63, 3.8) is 0 Å². The standard InChI is InChI=1S/C17H19N2O7P/c1-27(22,25-18-16(20)23-12-14-8-4-2-5-9-14)26-19-17(21)24-13-15-10-6-3-7-11-15/h2-11H,12-13H2,1H3,(H,18,20)(H,19,21). The highest BCUT2D eigenvalue weighted by atomic mass is 31.2. The van der Waals surface area contributed by atoms with Crippen LogP contribution in [0.4, 0.5) is 9.59 Å². The molecule has 0 saturated carbocycles. The van der Waals surface area contributed by atoms with Gasteiger partial charge in [0.1, 0.15) is 13.2 Å². The van der Waals surface area contributed by atoms with Crippen molar-refractivity contribution < 1.29 is 32.9 Å². The molecule has 27 heavy (non-hydrogen) atoms. The summed E-state index contributed by atoms with van der Waals surface area (Å²) in [6.07, 6.45) is -1.92. The molecule has 0 bridgehead atoms. The summed E-state index contributed by atoms with van der Waals surface area (Å²) >= 11 is 0. The SMILES string of the molecule is CP(=O)(ONC(=O)OCc1ccccc1)ONC(=O)OCc1ccccc1. The Balaban J connectivity index is 1.64. The first-order chi connectivity index (χ1) is 12.9. The molecule has 2 rings (SSSR count). The number of amides is 2. The summed E-state index contributed by atoms with van der Waals surface area (Å²) in [6.45, 7) is 1.06. The monoisotopic (exact) mass is 394 g/mol. The molecule has 9 nitrogen and oxygen atoms in total. The van der Waals surface area contributed by atoms with Crippen molar-refractivity contribution >= 4 is 19.8 Å². The summed E-state index contributed by atoms with van der Waals surface area (Å²) in [5, 5.41) is 0. The van der Waals surface area contributed by atoms with Crippen LogP contribution in [-0.4, -0.2) is 18.9 Å². The van der Waals surface area contributed by atoms with Gasteiger partial charge in [0.05, 0.1) is 0 Å². The number of hydrogen-bond acceptors (Lipinski definition) is 7. The summed E-state index contributed by atoms with van der Waals surface area (Å²) < 4.78 is 31.0. The fourth-order valence-corrected chi connectivity index (χ4v) is 2.28. The van der Waals surface area contributed by atoms with Crippen molar-refractivity contribution in [3.05, 3.63) is 71.8 Å². The quantitative estimate of drug-likeness (QED) is 0.520. The normalized spacial score (nSPS) is 10.7. The topological polar surface area (TPSA) is 112 Å². The van der Waals surface area contributed by atoms with Crippen LogP contribution in [0, 0.1) is 0 Å². The number of ether oxygens (including phenoxy) is 2. The summed E-state index contributed by atoms with van der Waals surface area (Å²) in [6, 6.07) is 17.9. The lowest BCUT2D eigenvalue weighted by molar-refractivity contribution is 0.0612. The highest BCUT2D eigenvalue weighted by molar-refractivity contribution is 7.52. The van der Waals surface area contributed by atoms with Gasteiger partial charge in [0.15, 0.2) is 0 Å². The minimum absolute atomic E-state index is 0.00890. The van der Waals surface area contributed by atoms with Crippen molar-refractivity contribution in [3.8, 4) is 0 Å². The van der Waals surface area contributed by atoms with Gasteiger partial charge in [-0.25, -0.2) is 9.59 Å². The maximum Gasteiger partial charge on any atom is 0.432 e. The minimum Gasteiger partial charge on any atom is -0.443 e. The third kappa shape index (κ3) is 8.37. The first-order valence-corrected chi connectivity index (χ1v) is 9.82. The molecule has 10 heteroatoms. The van der Waals surface area contributed by atoms with Crippen molar-refractivity contribution in [1.82, 2.24) is 11.0 Å². The zero-order chi connectivity index (χ0) is 19.5. The van der Waals surface area contributed by atoms with Crippen molar-refractivity contribution in [2.24, 2.45) is 0 Å². The Hall–Kier alpha value is -2.87. The minimum atomic E-state index is -3.82. The van der Waals surface area contributed by atoms with Gasteiger partial charge in [-0.3, -0.25) is 4.57 Å². The van der Waals surface area contributed by atoms with Crippen molar-refractivity contribution in [2.75, 3.05) is 6.66 Å². The average Bonchev–Trinajstić information content (AvgIpc) is 2.69. The zero-order valence-electron chi connectivity index (χ0n) is 14.5. The van der Waals surface area contributed by atoms with E-state index in [9.17, 15) is 14.2 Å². The maximum atomic E-state index is 12.0. The molecule has 0 saturated heterocycles. The van der Waals surface area contributed by atoms with Crippen LogP contribution >= 0.6 is 7.60 Å². The van der Waals surface area contributed by atoms with Crippen LogP contribution in [-0.2, 0) is 36.5 Å². The molecule has 0 aliphatic heterocycles. The number of nitrogens with one attached hydrogen (secondary N) is 2. The summed E-state index contributed by atoms with van der Waals surface area (Å²) in [5.74, 6) is 0. The molecule has 0 radical (unpaired) electrons. The molecule has 0 atom stereocenters. The van der Waals surface area contributed by atoms with Crippen molar-refractivity contribution in [1.29, 1.82) is 0 Å². The Morgan fingerprint density at radius 3 is 1.52 bits per heavy atom. The fourth-order valence-electron chi connectivity index (χ4n) is 1.76. The Labute approximate surface area is 156 Å². The van der Waals surface area contributed by atoms with Crippen LogP contribution in [0.5, 0.6) is 0 Å². The Morgan fingerprint density at radius 1 is 0.778 bits per heavy atom. The van der Waals surface area contributed by atoms with Gasteiger partial charge >= 0.3 is 19.8 Å². The molecule has 2 amide bonds. The molecule has 0 spiro atoms. The van der Waals surface area contributed by atoms with E-state index < -0.39 is 19.8 Å². The predicted octanol–water partition coefficient (Wildman–Crippen LogP) is 3.53. The summed E-state index contributed by atoms with van der Waals surface area (Å²) in [7, 11) is -3.82. The molecule has 0 fully saturated rings. The van der Waals surface area contributed by atoms with E-state index in [-0.39, 0.29) is 13.2 Å². The predicted molar refractivity (Wildman–Crippen MR) is 95.2 cm³/mol. The number of hydrogen-bond donors (Lipinski definition) is 2. The van der Waals surface area contributed by atoms with E-state index in [1.165, 1.54) is 0 Å². The van der Waals surface area contributed by atoms with Gasteiger partial charge in [0.25, 0.3) is 0 Å². The molecule has 2 aromatic rings. The number of benzene rings is 2. The molecule has 0 unspecified atom stereocenters. The summed E-state index contributed by atoms with van der Waals surface area (Å²) in [4.78, 5) is 23.0. The molecule has 2 aromatic carbocycles. The third-order valence-corrected chi connectivity index (χ3v) is 3.86. The van der Waals surface area contributed by atoms with Gasteiger partial charge in [-0.05, 0) is 11.1 Å². The Morgan fingerprint density at radius 2 is 1.15 bits per heavy atom. The van der Waals surface area contributed by atoms with E-state index >= 15 is 0 Å². The second-order valence-electron chi connectivity index (χ2n) is 5.28. The van der Waals surface area contributed by atoms with E-state index in [0.717, 1.165) is 17.8 Å². The van der Waals surface area contributed by atoms with Crippen LogP contribution in [0.25, 0.3) is 0 Å². The molecular formula is C17H19N2O7P. The van der Waals surface area contributed by atoms with E-state index in [2.05, 4.69) is 9.25 Å². The highest BCUT2D eigenvalue weighted by Crippen LogP contribution is 2.41. The molecule has 0 heterocycles. The number of hydroxylamine groups is 2. The smallest absolute Gasteiger partial charge is 0.432 e. The number of rotatable bonds is 8. The number of carbonyl (C=O) groups excluding carboxylic acids is 2. The van der Waals surface area contributed by atoms with Gasteiger partial charge in [0, 0.05) is 6.66 Å². The first kappa shape index (κ1) is 20.4. The second-order valence-corrected chi connectivity index (χ2v) is 7.19. The Kier molecular flexibility index (Phi) is 7.81. The van der Waals surface area contributed by atoms with E-state index in [0.29, 0.717) is 0 Å². The van der Waals surface area contributed by atoms with Gasteiger partial charge in [-0.1, -0.05) is 60.7 Å². The van der Waals surface area contributed by atoms with Crippen LogP contribution in [0.2, 0.25) is 0 Å². The first-order valence-electron chi connectivity index (χ1n) is 7.83. The number of carbonyl (C=O) groups is 2. The molecule has 0 aliphatic rings.